The van der Waals surface area contributed by atoms with Gasteiger partial charge in [-0.1, -0.05) is 91.0 Å². The lowest BCUT2D eigenvalue weighted by Gasteiger charge is -2.25. The molecule has 0 amide bonds. The fraction of sp³-hybridized carbons (Fsp3) is 0.250. The molecule has 3 heterocycles. The standard InChI is InChI=1S/C32H31N5O5/c38-32-35-28(37-23-33-22-34-37)16-17-36(32)31-30(41-20-26-14-8-3-9-15-26)29(40-19-25-12-6-2-7-13-25)27(42-31)21-39-18-24-10-4-1-5-11-24/h1-17,22-23,27,29-31H,18-21H2/t27-,29-,30-,31-/m1/s1/i35+1,36+1,38+1. The maximum atomic E-state index is 13.3. The Kier molecular flexibility index (Phi) is 8.87. The van der Waals surface area contributed by atoms with Gasteiger partial charge in [0.05, 0.1) is 26.4 Å². The first-order valence-electron chi connectivity index (χ1n) is 13.8. The van der Waals surface area contributed by atoms with Crippen LogP contribution in [0, 0.1) is 0 Å². The van der Waals surface area contributed by atoms with Gasteiger partial charge in [-0.15, -0.1) is 0 Å². The highest BCUT2D eigenvalue weighted by molar-refractivity contribution is 5.18. The van der Waals surface area contributed by atoms with Crippen LogP contribution in [-0.4, -0.2) is 49.2 Å². The van der Waals surface area contributed by atoms with Crippen LogP contribution in [-0.2, 0) is 38.8 Å². The van der Waals surface area contributed by atoms with E-state index < -0.39 is 30.2 Å². The van der Waals surface area contributed by atoms with Crippen molar-refractivity contribution >= 4 is 0 Å². The van der Waals surface area contributed by atoms with Crippen LogP contribution in [0.2, 0.25) is 0 Å². The summed E-state index contributed by atoms with van der Waals surface area (Å²) in [6.45, 7) is 1.32. The molecule has 4 atom stereocenters. The van der Waals surface area contributed by atoms with E-state index in [0.29, 0.717) is 25.6 Å². The topological polar surface area (TPSA) is 103 Å². The molecule has 42 heavy (non-hydrogen) atoms. The molecule has 0 radical (unpaired) electrons. The molecule has 5 aromatic rings. The Morgan fingerprint density at radius 3 is 1.90 bits per heavy atom. The molecule has 214 valence electrons. The molecule has 1 saturated heterocycles. The van der Waals surface area contributed by atoms with Gasteiger partial charge in [0.15, 0.2) is 12.0 Å². The molecule has 6 rings (SSSR count). The summed E-state index contributed by atoms with van der Waals surface area (Å²) in [5, 5.41) is 4.07. The summed E-state index contributed by atoms with van der Waals surface area (Å²) in [4.78, 5) is 21.5. The Hall–Kier alpha value is -4.48. The lowest BCUT2D eigenvalue weighted by atomic mass is 10.1. The molecule has 1 aliphatic heterocycles. The smallest absolute Gasteiger partial charge is 0.351 e. The number of hydrogen-bond donors (Lipinski definition) is 0. The van der Waals surface area contributed by atoms with E-state index in [2.05, 4.69) is 15.1 Å². The second-order valence-corrected chi connectivity index (χ2v) is 9.90. The number of ether oxygens (including phenoxy) is 4. The SMILES string of the molecule is [17O]=c1[15n]c(-n2cncn2)cc[15n]1[C@@H]1O[C@H](COCc2ccccc2)[C@@H](OCc2ccccc2)[C@H]1OCc1ccccc1. The molecular formula is C32H31N5O5. The highest BCUT2D eigenvalue weighted by atomic mass is 17.1. The molecule has 0 unspecified atom stereocenters. The summed E-state index contributed by atoms with van der Waals surface area (Å²) < 4.78 is 28.5. The number of benzene rings is 3. The van der Waals surface area contributed by atoms with Crippen LogP contribution in [0.1, 0.15) is 22.9 Å². The van der Waals surface area contributed by atoms with Crippen LogP contribution in [0.3, 0.4) is 0 Å². The zero-order valence-electron chi connectivity index (χ0n) is 22.9. The van der Waals surface area contributed by atoms with Gasteiger partial charge in [0, 0.05) is 6.20 Å². The second kappa shape index (κ2) is 13.5. The monoisotopic (exact) mass is 568 g/mol. The third-order valence-electron chi connectivity index (χ3n) is 6.99. The Labute approximate surface area is 243 Å². The summed E-state index contributed by atoms with van der Waals surface area (Å²) >= 11 is 0. The zero-order chi connectivity index (χ0) is 28.6. The van der Waals surface area contributed by atoms with Crippen LogP contribution >= 0.6 is 0 Å². The third-order valence-corrected chi connectivity index (χ3v) is 6.99. The van der Waals surface area contributed by atoms with E-state index in [1.165, 1.54) is 21.9 Å². The fourth-order valence-corrected chi connectivity index (χ4v) is 4.90. The van der Waals surface area contributed by atoms with Gasteiger partial charge in [0.25, 0.3) is 0 Å². The van der Waals surface area contributed by atoms with Gasteiger partial charge in [-0.2, -0.15) is 10.1 Å². The molecular weight excluding hydrogens is 537 g/mol. The first kappa shape index (κ1) is 27.7. The number of nitrogens with zero attached hydrogens (tertiary/aromatic N) is 5. The van der Waals surface area contributed by atoms with Crippen molar-refractivity contribution in [1.82, 2.24) is 24.3 Å². The Bertz CT molecular complexity index is 1580. The molecule has 2 aromatic heterocycles. The molecule has 10 heteroatoms. The van der Waals surface area contributed by atoms with Crippen molar-refractivity contribution in [3.8, 4) is 5.82 Å². The molecule has 0 spiro atoms. The average molecular weight is 569 g/mol. The highest BCUT2D eigenvalue weighted by Crippen LogP contribution is 2.34. The van der Waals surface area contributed by atoms with Gasteiger partial charge in [0.2, 0.25) is 0 Å². The third kappa shape index (κ3) is 6.69. The quantitative estimate of drug-likeness (QED) is 0.222. The van der Waals surface area contributed by atoms with Gasteiger partial charge in [0.1, 0.15) is 31.0 Å². The normalized spacial score (nSPS) is 20.1. The molecule has 0 aliphatic carbocycles. The van der Waals surface area contributed by atoms with E-state index in [0.717, 1.165) is 16.7 Å². The number of rotatable bonds is 12. The van der Waals surface area contributed by atoms with Crippen molar-refractivity contribution in [2.24, 2.45) is 0 Å². The minimum Gasteiger partial charge on any atom is -0.374 e. The minimum absolute atomic E-state index is 0.245. The van der Waals surface area contributed by atoms with E-state index in [1.807, 2.05) is 91.0 Å². The minimum atomic E-state index is -0.801. The van der Waals surface area contributed by atoms with E-state index in [-0.39, 0.29) is 6.61 Å². The van der Waals surface area contributed by atoms with E-state index >= 15 is 0 Å². The number of hydrogen-bond acceptors (Lipinski definition) is 8. The zero-order valence-corrected chi connectivity index (χ0v) is 22.9. The summed E-state index contributed by atoms with van der Waals surface area (Å²) in [7, 11) is 0. The second-order valence-electron chi connectivity index (χ2n) is 9.90. The van der Waals surface area contributed by atoms with E-state index in [4.69, 9.17) is 18.9 Å². The Balaban J connectivity index is 1.28. The predicted octanol–water partition coefficient (Wildman–Crippen LogP) is 4.11. The van der Waals surface area contributed by atoms with Gasteiger partial charge in [-0.25, -0.2) is 14.5 Å². The molecule has 3 aromatic carbocycles. The fourth-order valence-electron chi connectivity index (χ4n) is 4.90. The van der Waals surface area contributed by atoms with Crippen LogP contribution < -0.4 is 5.69 Å². The summed E-state index contributed by atoms with van der Waals surface area (Å²) in [5.74, 6) is 0.355. The predicted molar refractivity (Wildman–Crippen MR) is 153 cm³/mol. The molecule has 1 fully saturated rings. The van der Waals surface area contributed by atoms with Crippen molar-refractivity contribution in [2.45, 2.75) is 44.4 Å². The summed E-state index contributed by atoms with van der Waals surface area (Å²) in [6, 6.07) is 31.4. The molecule has 1 aliphatic rings. The van der Waals surface area contributed by atoms with E-state index in [9.17, 15) is 4.79 Å². The highest BCUT2D eigenvalue weighted by Gasteiger charge is 2.48. The van der Waals surface area contributed by atoms with Gasteiger partial charge < -0.3 is 18.9 Å². The van der Waals surface area contributed by atoms with Crippen molar-refractivity contribution < 1.29 is 18.9 Å². The number of aromatic nitrogens is 5. The first-order valence-corrected chi connectivity index (χ1v) is 13.8. The van der Waals surface area contributed by atoms with Crippen molar-refractivity contribution in [2.75, 3.05) is 6.61 Å². The van der Waals surface area contributed by atoms with Crippen LogP contribution in [0.15, 0.2) is 121 Å². The maximum absolute atomic E-state index is 13.3. The largest absolute Gasteiger partial charge is 0.374 e. The van der Waals surface area contributed by atoms with Crippen LogP contribution in [0.4, 0.5) is 0 Å². The Morgan fingerprint density at radius 2 is 1.33 bits per heavy atom. The van der Waals surface area contributed by atoms with Gasteiger partial charge >= 0.3 is 5.69 Å². The molecule has 0 saturated carbocycles. The summed E-state index contributed by atoms with van der Waals surface area (Å²) in [5.41, 5.74) is 2.56. The molecule has 0 bridgehead atoms. The lowest BCUT2D eigenvalue weighted by Crippen LogP contribution is -2.40. The lowest BCUT2D eigenvalue weighted by molar-refractivity contribution is -0.0921. The molecule has 10 nitrogen and oxygen atoms in total. The van der Waals surface area contributed by atoms with Crippen LogP contribution in [0.25, 0.3) is 5.82 Å². The van der Waals surface area contributed by atoms with Crippen molar-refractivity contribution in [3.05, 3.63) is 143 Å². The average Bonchev–Trinajstić information content (AvgIpc) is 3.69. The first-order chi connectivity index (χ1) is 20.7. The van der Waals surface area contributed by atoms with Gasteiger partial charge in [-0.3, -0.25) is 4.57 Å². The van der Waals surface area contributed by atoms with Gasteiger partial charge in [-0.05, 0) is 22.8 Å². The van der Waals surface area contributed by atoms with Crippen LogP contribution in [0.5, 0.6) is 0 Å². The van der Waals surface area contributed by atoms with E-state index in [1.54, 1.807) is 12.3 Å². The Morgan fingerprint density at radius 1 is 0.738 bits per heavy atom. The maximum Gasteiger partial charge on any atom is 0.351 e. The summed E-state index contributed by atoms with van der Waals surface area (Å²) in [6.07, 6.45) is 2.03. The molecule has 0 N–H and O–H groups in total. The van der Waals surface area contributed by atoms with Crippen molar-refractivity contribution in [1.29, 1.82) is 0 Å². The van der Waals surface area contributed by atoms with Crippen molar-refractivity contribution in [3.63, 3.8) is 0 Å².